The van der Waals surface area contributed by atoms with Gasteiger partial charge in [0.1, 0.15) is 0 Å². The summed E-state index contributed by atoms with van der Waals surface area (Å²) in [6.07, 6.45) is 3.43. The SMILES string of the molecule is CCOC(=O)c1ccc(N(CC)c2cc3c(cc2C)C(C)(C)CC=C3C)cc1. The van der Waals surface area contributed by atoms with Gasteiger partial charge in [0, 0.05) is 17.9 Å². The number of esters is 1. The second kappa shape index (κ2) is 7.83. The maximum absolute atomic E-state index is 11.9. The van der Waals surface area contributed by atoms with Crippen LogP contribution >= 0.6 is 0 Å². The van der Waals surface area contributed by atoms with Gasteiger partial charge in [-0.2, -0.15) is 0 Å². The minimum absolute atomic E-state index is 0.163. The Hall–Kier alpha value is -2.55. The molecular formula is C25H31NO2. The summed E-state index contributed by atoms with van der Waals surface area (Å²) < 4.78 is 5.09. The molecule has 148 valence electrons. The average molecular weight is 378 g/mol. The van der Waals surface area contributed by atoms with Gasteiger partial charge in [0.15, 0.2) is 0 Å². The highest BCUT2D eigenvalue weighted by Crippen LogP contribution is 2.42. The fraction of sp³-hybridized carbons (Fsp3) is 0.400. The molecule has 0 fully saturated rings. The normalized spacial score (nSPS) is 14.9. The van der Waals surface area contributed by atoms with Crippen molar-refractivity contribution in [3.63, 3.8) is 0 Å². The van der Waals surface area contributed by atoms with E-state index in [1.165, 1.54) is 28.0 Å². The number of benzene rings is 2. The quantitative estimate of drug-likeness (QED) is 0.564. The minimum Gasteiger partial charge on any atom is -0.462 e. The van der Waals surface area contributed by atoms with Crippen LogP contribution < -0.4 is 4.90 Å². The molecule has 0 spiro atoms. The average Bonchev–Trinajstić information content (AvgIpc) is 2.67. The first-order valence-electron chi connectivity index (χ1n) is 10.2. The zero-order chi connectivity index (χ0) is 20.5. The Morgan fingerprint density at radius 3 is 2.39 bits per heavy atom. The molecule has 0 heterocycles. The zero-order valence-corrected chi connectivity index (χ0v) is 17.9. The summed E-state index contributed by atoms with van der Waals surface area (Å²) in [4.78, 5) is 14.2. The molecule has 0 radical (unpaired) electrons. The van der Waals surface area contributed by atoms with Crippen LogP contribution in [0.4, 0.5) is 11.4 Å². The van der Waals surface area contributed by atoms with E-state index in [0.29, 0.717) is 12.2 Å². The van der Waals surface area contributed by atoms with E-state index in [2.05, 4.69) is 57.7 Å². The van der Waals surface area contributed by atoms with Gasteiger partial charge in [-0.1, -0.05) is 26.0 Å². The zero-order valence-electron chi connectivity index (χ0n) is 17.9. The lowest BCUT2D eigenvalue weighted by Crippen LogP contribution is -2.23. The van der Waals surface area contributed by atoms with Gasteiger partial charge in [0.25, 0.3) is 0 Å². The van der Waals surface area contributed by atoms with Gasteiger partial charge < -0.3 is 9.64 Å². The summed E-state index contributed by atoms with van der Waals surface area (Å²) >= 11 is 0. The molecule has 0 unspecified atom stereocenters. The summed E-state index contributed by atoms with van der Waals surface area (Å²) in [6, 6.07) is 12.4. The number of nitrogens with zero attached hydrogens (tertiary/aromatic N) is 1. The Kier molecular flexibility index (Phi) is 5.64. The summed E-state index contributed by atoms with van der Waals surface area (Å²) in [5, 5.41) is 0. The van der Waals surface area contributed by atoms with Crippen LogP contribution in [0.3, 0.4) is 0 Å². The maximum atomic E-state index is 11.9. The van der Waals surface area contributed by atoms with Crippen LogP contribution in [0.1, 0.15) is 68.1 Å². The fourth-order valence-electron chi connectivity index (χ4n) is 3.99. The number of aryl methyl sites for hydroxylation is 1. The molecule has 3 nitrogen and oxygen atoms in total. The number of carbonyl (C=O) groups excluding carboxylic acids is 1. The third-order valence-corrected chi connectivity index (χ3v) is 5.71. The van der Waals surface area contributed by atoms with Gasteiger partial charge in [0.2, 0.25) is 0 Å². The molecule has 1 aliphatic carbocycles. The highest BCUT2D eigenvalue weighted by Gasteiger charge is 2.28. The minimum atomic E-state index is -0.273. The van der Waals surface area contributed by atoms with E-state index in [1.807, 2.05) is 31.2 Å². The molecule has 2 aromatic carbocycles. The van der Waals surface area contributed by atoms with E-state index >= 15 is 0 Å². The third kappa shape index (κ3) is 3.71. The van der Waals surface area contributed by atoms with Gasteiger partial charge in [-0.15, -0.1) is 0 Å². The predicted molar refractivity (Wildman–Crippen MR) is 118 cm³/mol. The van der Waals surface area contributed by atoms with Crippen molar-refractivity contribution in [2.45, 2.75) is 53.4 Å². The van der Waals surface area contributed by atoms with Crippen molar-refractivity contribution in [3.8, 4) is 0 Å². The Bertz CT molecular complexity index is 907. The van der Waals surface area contributed by atoms with Gasteiger partial charge in [-0.3, -0.25) is 0 Å². The highest BCUT2D eigenvalue weighted by atomic mass is 16.5. The molecule has 0 atom stereocenters. The Morgan fingerprint density at radius 1 is 1.11 bits per heavy atom. The standard InChI is InChI=1S/C25H31NO2/c1-7-26(20-11-9-19(10-12-20)24(27)28-8-2)23-16-21-17(3)13-14-25(5,6)22(21)15-18(23)4/h9-13,15-16H,7-8,14H2,1-6H3. The van der Waals surface area contributed by atoms with Crippen molar-refractivity contribution >= 4 is 22.9 Å². The molecule has 0 saturated carbocycles. The lowest BCUT2D eigenvalue weighted by atomic mass is 9.73. The molecule has 0 N–H and O–H groups in total. The first kappa shape index (κ1) is 20.2. The van der Waals surface area contributed by atoms with E-state index in [0.717, 1.165) is 18.7 Å². The molecule has 2 aromatic rings. The first-order chi connectivity index (χ1) is 13.3. The summed E-state index contributed by atoms with van der Waals surface area (Å²) in [5.74, 6) is -0.273. The van der Waals surface area contributed by atoms with Gasteiger partial charge in [-0.25, -0.2) is 4.79 Å². The van der Waals surface area contributed by atoms with Crippen LogP contribution in [-0.4, -0.2) is 19.1 Å². The summed E-state index contributed by atoms with van der Waals surface area (Å²) in [7, 11) is 0. The third-order valence-electron chi connectivity index (χ3n) is 5.71. The number of fused-ring (bicyclic) bond motifs is 1. The molecule has 0 aliphatic heterocycles. The van der Waals surface area contributed by atoms with E-state index in [4.69, 9.17) is 4.74 Å². The second-order valence-electron chi connectivity index (χ2n) is 8.17. The Morgan fingerprint density at radius 2 is 1.79 bits per heavy atom. The monoisotopic (exact) mass is 377 g/mol. The Balaban J connectivity index is 2.01. The van der Waals surface area contributed by atoms with E-state index in [1.54, 1.807) is 0 Å². The lowest BCUT2D eigenvalue weighted by Gasteiger charge is -2.34. The number of ether oxygens (including phenoxy) is 1. The topological polar surface area (TPSA) is 29.5 Å². The van der Waals surface area contributed by atoms with Gasteiger partial charge in [-0.05, 0) is 92.1 Å². The van der Waals surface area contributed by atoms with Crippen LogP contribution in [0, 0.1) is 6.92 Å². The summed E-state index contributed by atoms with van der Waals surface area (Å²) in [6.45, 7) is 14.3. The predicted octanol–water partition coefficient (Wildman–Crippen LogP) is 6.41. The summed E-state index contributed by atoms with van der Waals surface area (Å²) in [5.41, 5.74) is 8.45. The Labute approximate surface area is 169 Å². The van der Waals surface area contributed by atoms with Crippen LogP contribution in [0.2, 0.25) is 0 Å². The van der Waals surface area contributed by atoms with Crippen LogP contribution in [-0.2, 0) is 10.2 Å². The van der Waals surface area contributed by atoms with Gasteiger partial charge >= 0.3 is 5.97 Å². The van der Waals surface area contributed by atoms with Crippen molar-refractivity contribution in [1.82, 2.24) is 0 Å². The van der Waals surface area contributed by atoms with Crippen molar-refractivity contribution in [1.29, 1.82) is 0 Å². The maximum Gasteiger partial charge on any atom is 0.338 e. The molecule has 0 aromatic heterocycles. The van der Waals surface area contributed by atoms with E-state index in [9.17, 15) is 4.79 Å². The number of carbonyl (C=O) groups is 1. The van der Waals surface area contributed by atoms with Crippen molar-refractivity contribution in [2.24, 2.45) is 0 Å². The van der Waals surface area contributed by atoms with Crippen LogP contribution in [0.25, 0.3) is 5.57 Å². The van der Waals surface area contributed by atoms with E-state index in [-0.39, 0.29) is 11.4 Å². The molecule has 28 heavy (non-hydrogen) atoms. The molecule has 3 heteroatoms. The molecular weight excluding hydrogens is 346 g/mol. The molecule has 0 saturated heterocycles. The largest absolute Gasteiger partial charge is 0.462 e. The van der Waals surface area contributed by atoms with Gasteiger partial charge in [0.05, 0.1) is 12.2 Å². The molecule has 3 rings (SSSR count). The van der Waals surface area contributed by atoms with Crippen molar-refractivity contribution in [3.05, 3.63) is 64.7 Å². The number of hydrogen-bond acceptors (Lipinski definition) is 3. The lowest BCUT2D eigenvalue weighted by molar-refractivity contribution is 0.0526. The molecule has 0 bridgehead atoms. The van der Waals surface area contributed by atoms with Crippen LogP contribution in [0.15, 0.2) is 42.5 Å². The highest BCUT2D eigenvalue weighted by molar-refractivity contribution is 5.90. The number of hydrogen-bond donors (Lipinski definition) is 0. The van der Waals surface area contributed by atoms with Crippen molar-refractivity contribution < 1.29 is 9.53 Å². The number of anilines is 2. The van der Waals surface area contributed by atoms with Crippen molar-refractivity contribution in [2.75, 3.05) is 18.1 Å². The molecule has 0 amide bonds. The smallest absolute Gasteiger partial charge is 0.338 e. The number of allylic oxidation sites excluding steroid dienone is 2. The second-order valence-corrected chi connectivity index (χ2v) is 8.17. The van der Waals surface area contributed by atoms with Crippen LogP contribution in [0.5, 0.6) is 0 Å². The first-order valence-corrected chi connectivity index (χ1v) is 10.2. The fourth-order valence-corrected chi connectivity index (χ4v) is 3.99. The van der Waals surface area contributed by atoms with E-state index < -0.39 is 0 Å². The molecule has 1 aliphatic rings. The number of rotatable bonds is 5.